The second kappa shape index (κ2) is 4.73. The van der Waals surface area contributed by atoms with E-state index in [1.165, 1.54) is 5.69 Å². The summed E-state index contributed by atoms with van der Waals surface area (Å²) in [5, 5.41) is 8.90. The Morgan fingerprint density at radius 1 is 1.28 bits per heavy atom. The summed E-state index contributed by atoms with van der Waals surface area (Å²) in [5.41, 5.74) is 3.02. The van der Waals surface area contributed by atoms with E-state index in [1.54, 1.807) is 0 Å². The van der Waals surface area contributed by atoms with Crippen molar-refractivity contribution in [1.82, 2.24) is 4.90 Å². The van der Waals surface area contributed by atoms with Crippen LogP contribution in [0.1, 0.15) is 31.9 Å². The average Bonchev–Trinajstić information content (AvgIpc) is 2.71. The predicted molar refractivity (Wildman–Crippen MR) is 74.0 cm³/mol. The van der Waals surface area contributed by atoms with Crippen LogP contribution >= 0.6 is 0 Å². The van der Waals surface area contributed by atoms with Crippen molar-refractivity contribution < 1.29 is 0 Å². The Morgan fingerprint density at radius 2 is 2.00 bits per heavy atom. The van der Waals surface area contributed by atoms with Gasteiger partial charge in [-0.15, -0.1) is 0 Å². The van der Waals surface area contributed by atoms with Gasteiger partial charge in [0.25, 0.3) is 0 Å². The highest BCUT2D eigenvalue weighted by Crippen LogP contribution is 2.29. The fraction of sp³-hybridized carbons (Fsp3) is 0.400. The number of benzene rings is 1. The van der Waals surface area contributed by atoms with Crippen LogP contribution in [0.15, 0.2) is 30.6 Å². The molecule has 1 aromatic carbocycles. The average molecular weight is 241 g/mol. The number of nitriles is 1. The smallest absolute Gasteiger partial charge is 0.103 e. The van der Waals surface area contributed by atoms with Gasteiger partial charge in [-0.3, -0.25) is 0 Å². The molecule has 0 aliphatic carbocycles. The third kappa shape index (κ3) is 2.06. The molecule has 0 spiro atoms. The quantitative estimate of drug-likeness (QED) is 0.796. The first-order valence-electron chi connectivity index (χ1n) is 6.29. The molecule has 0 bridgehead atoms. The zero-order valence-corrected chi connectivity index (χ0v) is 11.4. The first-order valence-corrected chi connectivity index (χ1v) is 6.29. The largest absolute Gasteiger partial charge is 0.353 e. The van der Waals surface area contributed by atoms with Crippen LogP contribution in [0.4, 0.5) is 5.69 Å². The van der Waals surface area contributed by atoms with Gasteiger partial charge in [-0.2, -0.15) is 5.26 Å². The van der Waals surface area contributed by atoms with Crippen LogP contribution in [0.5, 0.6) is 0 Å². The van der Waals surface area contributed by atoms with E-state index < -0.39 is 0 Å². The van der Waals surface area contributed by atoms with Crippen LogP contribution in [-0.2, 0) is 0 Å². The van der Waals surface area contributed by atoms with Gasteiger partial charge in [0.05, 0.1) is 11.6 Å². The number of rotatable bonds is 2. The minimum absolute atomic E-state index is 0.316. The Morgan fingerprint density at radius 3 is 2.50 bits per heavy atom. The number of hydrogen-bond acceptors (Lipinski definition) is 3. The molecule has 1 heterocycles. The molecule has 1 aliphatic heterocycles. The van der Waals surface area contributed by atoms with E-state index in [1.807, 2.05) is 18.2 Å². The molecule has 2 rings (SSSR count). The molecule has 0 N–H and O–H groups in total. The minimum Gasteiger partial charge on any atom is -0.353 e. The first-order chi connectivity index (χ1) is 8.54. The molecule has 1 aromatic rings. The maximum Gasteiger partial charge on any atom is 0.103 e. The summed E-state index contributed by atoms with van der Waals surface area (Å²) in [7, 11) is 0. The molecule has 0 radical (unpaired) electrons. The van der Waals surface area contributed by atoms with Crippen molar-refractivity contribution in [3.63, 3.8) is 0 Å². The predicted octanol–water partition coefficient (Wildman–Crippen LogP) is 3.21. The number of anilines is 1. The van der Waals surface area contributed by atoms with Crippen molar-refractivity contribution in [3.8, 4) is 6.07 Å². The Kier molecular flexibility index (Phi) is 3.29. The zero-order chi connectivity index (χ0) is 13.3. The van der Waals surface area contributed by atoms with Crippen LogP contribution in [0.3, 0.4) is 0 Å². The van der Waals surface area contributed by atoms with Crippen molar-refractivity contribution in [3.05, 3.63) is 41.7 Å². The van der Waals surface area contributed by atoms with E-state index >= 15 is 0 Å². The summed E-state index contributed by atoms with van der Waals surface area (Å²) in [6, 6.07) is 8.50. The van der Waals surface area contributed by atoms with E-state index in [-0.39, 0.29) is 0 Å². The molecule has 0 saturated heterocycles. The highest BCUT2D eigenvalue weighted by atomic mass is 15.4. The summed E-state index contributed by atoms with van der Waals surface area (Å²) in [5.74, 6) is 0. The van der Waals surface area contributed by atoms with Gasteiger partial charge in [0.15, 0.2) is 0 Å². The maximum absolute atomic E-state index is 8.90. The van der Waals surface area contributed by atoms with E-state index in [0.717, 1.165) is 5.56 Å². The lowest BCUT2D eigenvalue weighted by Crippen LogP contribution is -2.39. The van der Waals surface area contributed by atoms with Crippen LogP contribution in [-0.4, -0.2) is 17.1 Å². The molecule has 3 heteroatoms. The Hall–Kier alpha value is -1.95. The standard InChI is InChI=1S/C15H19N3/c1-11(2)17-7-8-18(13(17)4)15-6-5-14(10-16)9-12(15)3/h5-9,11,13H,1-4H3/t13-/m1/s1. The zero-order valence-electron chi connectivity index (χ0n) is 11.4. The molecular weight excluding hydrogens is 222 g/mol. The van der Waals surface area contributed by atoms with Gasteiger partial charge in [-0.1, -0.05) is 0 Å². The third-order valence-electron chi connectivity index (χ3n) is 3.43. The van der Waals surface area contributed by atoms with Crippen molar-refractivity contribution in [2.75, 3.05) is 4.90 Å². The maximum atomic E-state index is 8.90. The molecular formula is C15H19N3. The van der Waals surface area contributed by atoms with E-state index in [9.17, 15) is 0 Å². The van der Waals surface area contributed by atoms with E-state index in [4.69, 9.17) is 5.26 Å². The SMILES string of the molecule is Cc1cc(C#N)ccc1N1C=CN(C(C)C)[C@H]1C. The number of nitrogens with zero attached hydrogens (tertiary/aromatic N) is 3. The Labute approximate surface area is 109 Å². The molecule has 94 valence electrons. The van der Waals surface area contributed by atoms with Gasteiger partial charge in [0, 0.05) is 24.1 Å². The monoisotopic (exact) mass is 241 g/mol. The summed E-state index contributed by atoms with van der Waals surface area (Å²) in [6.07, 6.45) is 4.56. The highest BCUT2D eigenvalue weighted by molar-refractivity contribution is 5.59. The van der Waals surface area contributed by atoms with Crippen LogP contribution in [0, 0.1) is 18.3 Å². The van der Waals surface area contributed by atoms with Crippen LogP contribution in [0.25, 0.3) is 0 Å². The van der Waals surface area contributed by atoms with Crippen LogP contribution < -0.4 is 4.90 Å². The minimum atomic E-state index is 0.316. The number of hydrogen-bond donors (Lipinski definition) is 0. The molecule has 18 heavy (non-hydrogen) atoms. The lowest BCUT2D eigenvalue weighted by Gasteiger charge is -2.33. The molecule has 0 aromatic heterocycles. The van der Waals surface area contributed by atoms with Gasteiger partial charge >= 0.3 is 0 Å². The highest BCUT2D eigenvalue weighted by Gasteiger charge is 2.25. The topological polar surface area (TPSA) is 30.3 Å². The third-order valence-corrected chi connectivity index (χ3v) is 3.43. The van der Waals surface area contributed by atoms with Gasteiger partial charge < -0.3 is 9.80 Å². The van der Waals surface area contributed by atoms with Crippen molar-refractivity contribution in [1.29, 1.82) is 5.26 Å². The Bertz CT molecular complexity index is 511. The fourth-order valence-electron chi connectivity index (χ4n) is 2.44. The first kappa shape index (κ1) is 12.5. The van der Waals surface area contributed by atoms with Crippen LogP contribution in [0.2, 0.25) is 0 Å². The van der Waals surface area contributed by atoms with E-state index in [0.29, 0.717) is 17.8 Å². The van der Waals surface area contributed by atoms with Crippen molar-refractivity contribution >= 4 is 5.69 Å². The molecule has 0 amide bonds. The Balaban J connectivity index is 2.29. The van der Waals surface area contributed by atoms with E-state index in [2.05, 4.69) is 56.0 Å². The molecule has 1 atom stereocenters. The summed E-state index contributed by atoms with van der Waals surface area (Å²) in [6.45, 7) is 8.62. The fourth-order valence-corrected chi connectivity index (χ4v) is 2.44. The molecule has 0 saturated carbocycles. The normalized spacial score (nSPS) is 18.6. The van der Waals surface area contributed by atoms with Gasteiger partial charge in [0.1, 0.15) is 6.17 Å². The summed E-state index contributed by atoms with van der Waals surface area (Å²) < 4.78 is 0. The van der Waals surface area contributed by atoms with Gasteiger partial charge in [-0.25, -0.2) is 0 Å². The number of aryl methyl sites for hydroxylation is 1. The summed E-state index contributed by atoms with van der Waals surface area (Å²) >= 11 is 0. The van der Waals surface area contributed by atoms with Gasteiger partial charge in [-0.05, 0) is 51.5 Å². The van der Waals surface area contributed by atoms with Gasteiger partial charge in [0.2, 0.25) is 0 Å². The molecule has 0 fully saturated rings. The second-order valence-corrected chi connectivity index (χ2v) is 4.99. The molecule has 3 nitrogen and oxygen atoms in total. The lowest BCUT2D eigenvalue weighted by atomic mass is 10.1. The molecule has 1 aliphatic rings. The lowest BCUT2D eigenvalue weighted by molar-refractivity contribution is 0.263. The summed E-state index contributed by atoms with van der Waals surface area (Å²) in [4.78, 5) is 4.56. The van der Waals surface area contributed by atoms with Crippen molar-refractivity contribution in [2.45, 2.75) is 39.9 Å². The second-order valence-electron chi connectivity index (χ2n) is 4.99. The van der Waals surface area contributed by atoms with Crippen molar-refractivity contribution in [2.24, 2.45) is 0 Å². The molecule has 0 unspecified atom stereocenters.